The summed E-state index contributed by atoms with van der Waals surface area (Å²) in [6.07, 6.45) is -4.50. The first kappa shape index (κ1) is 34.2. The number of methoxy groups -OCH3 is 1. The second kappa shape index (κ2) is 13.5. The molecule has 16 heteroatoms. The fourth-order valence-electron chi connectivity index (χ4n) is 4.79. The van der Waals surface area contributed by atoms with Gasteiger partial charge in [-0.25, -0.2) is 14.6 Å². The highest BCUT2D eigenvalue weighted by Gasteiger charge is 2.45. The van der Waals surface area contributed by atoms with E-state index in [0.717, 1.165) is 49.4 Å². The third-order valence-electron chi connectivity index (χ3n) is 6.81. The molecule has 44 heavy (non-hydrogen) atoms. The number of nitrogens with zero attached hydrogens (tertiary/aromatic N) is 4. The number of carboxylic acids is 2. The van der Waals surface area contributed by atoms with Crippen LogP contribution < -0.4 is 9.47 Å². The lowest BCUT2D eigenvalue weighted by Crippen LogP contribution is -2.47. The van der Waals surface area contributed by atoms with E-state index in [1.54, 1.807) is 13.3 Å². The molecule has 2 aromatic heterocycles. The molecule has 4 heterocycles. The normalized spacial score (nSPS) is 15.5. The molecule has 2 aliphatic rings. The number of piperidine rings is 1. The highest BCUT2D eigenvalue weighted by atomic mass is 19.4. The summed E-state index contributed by atoms with van der Waals surface area (Å²) in [5.74, 6) is -3.84. The van der Waals surface area contributed by atoms with Gasteiger partial charge in [-0.05, 0) is 32.0 Å². The monoisotopic (exact) mass is 632 g/mol. The molecule has 0 bridgehead atoms. The van der Waals surface area contributed by atoms with Crippen molar-refractivity contribution in [3.05, 3.63) is 59.9 Å². The summed E-state index contributed by atoms with van der Waals surface area (Å²) in [7, 11) is 1.68. The Morgan fingerprint density at radius 2 is 1.57 bits per heavy atom. The predicted molar refractivity (Wildman–Crippen MR) is 143 cm³/mol. The number of alkyl halides is 6. The quantitative estimate of drug-likeness (QED) is 0.349. The van der Waals surface area contributed by atoms with Gasteiger partial charge in [-0.1, -0.05) is 18.2 Å². The number of pyridine rings is 1. The minimum absolute atomic E-state index is 0.301. The number of rotatable bonds is 4. The van der Waals surface area contributed by atoms with E-state index in [-0.39, 0.29) is 5.60 Å². The van der Waals surface area contributed by atoms with E-state index in [9.17, 15) is 26.3 Å². The minimum Gasteiger partial charge on any atom is -0.482 e. The summed E-state index contributed by atoms with van der Waals surface area (Å²) in [6.45, 7) is 7.10. The van der Waals surface area contributed by atoms with Crippen LogP contribution in [0.25, 0.3) is 11.3 Å². The van der Waals surface area contributed by atoms with Crippen molar-refractivity contribution in [2.45, 2.75) is 57.2 Å². The number of ether oxygens (including phenoxy) is 2. The molecule has 0 aliphatic carbocycles. The Balaban J connectivity index is 0.000000317. The molecule has 10 nitrogen and oxygen atoms in total. The number of hydrogen-bond acceptors (Lipinski definition) is 7. The second-order valence-electron chi connectivity index (χ2n) is 10.1. The van der Waals surface area contributed by atoms with Gasteiger partial charge in [-0.3, -0.25) is 9.58 Å². The van der Waals surface area contributed by atoms with Gasteiger partial charge < -0.3 is 19.7 Å². The fraction of sp³-hybridized carbons (Fsp3) is 0.429. The average molecular weight is 633 g/mol. The maximum Gasteiger partial charge on any atom is 0.490 e. The Labute approximate surface area is 247 Å². The lowest BCUT2D eigenvalue weighted by molar-refractivity contribution is -0.193. The maximum atomic E-state index is 10.6. The molecule has 1 aromatic carbocycles. The number of para-hydroxylation sites is 1. The Hall–Kier alpha value is -4.34. The Kier molecular flexibility index (Phi) is 10.5. The largest absolute Gasteiger partial charge is 0.490 e. The van der Waals surface area contributed by atoms with Crippen LogP contribution in [0.4, 0.5) is 26.3 Å². The molecule has 0 unspecified atom stereocenters. The zero-order valence-corrected chi connectivity index (χ0v) is 23.8. The lowest BCUT2D eigenvalue weighted by Gasteiger charge is -2.44. The molecule has 0 saturated carbocycles. The average Bonchev–Trinajstić information content (AvgIpc) is 3.42. The van der Waals surface area contributed by atoms with Gasteiger partial charge >= 0.3 is 24.3 Å². The summed E-state index contributed by atoms with van der Waals surface area (Å²) in [5.41, 5.74) is 4.40. The van der Waals surface area contributed by atoms with Crippen molar-refractivity contribution in [1.82, 2.24) is 19.7 Å². The van der Waals surface area contributed by atoms with Crippen LogP contribution in [0.2, 0.25) is 0 Å². The van der Waals surface area contributed by atoms with Crippen LogP contribution in [0, 0.1) is 0 Å². The number of aliphatic carboxylic acids is 2. The van der Waals surface area contributed by atoms with Crippen molar-refractivity contribution in [1.29, 1.82) is 0 Å². The van der Waals surface area contributed by atoms with Gasteiger partial charge in [0.1, 0.15) is 11.4 Å². The third-order valence-corrected chi connectivity index (χ3v) is 6.81. The van der Waals surface area contributed by atoms with Crippen molar-refractivity contribution >= 4 is 11.9 Å². The molecule has 2 N–H and O–H groups in total. The number of fused-ring (bicyclic) bond motifs is 4. The van der Waals surface area contributed by atoms with E-state index in [2.05, 4.69) is 58.7 Å². The Morgan fingerprint density at radius 3 is 2.09 bits per heavy atom. The molecule has 0 radical (unpaired) electrons. The first-order valence-corrected chi connectivity index (χ1v) is 13.2. The third kappa shape index (κ3) is 7.98. The van der Waals surface area contributed by atoms with Gasteiger partial charge in [0.2, 0.25) is 5.88 Å². The maximum absolute atomic E-state index is 10.6. The lowest BCUT2D eigenvalue weighted by atomic mass is 9.81. The second-order valence-corrected chi connectivity index (χ2v) is 10.1. The first-order valence-electron chi connectivity index (χ1n) is 13.2. The number of halogens is 6. The predicted octanol–water partition coefficient (Wildman–Crippen LogP) is 5.68. The minimum atomic E-state index is -5.08. The van der Waals surface area contributed by atoms with Gasteiger partial charge in [0.05, 0.1) is 19.0 Å². The van der Waals surface area contributed by atoms with Crippen molar-refractivity contribution in [2.24, 2.45) is 0 Å². The number of carboxylic acid groups (broad SMARTS) is 2. The van der Waals surface area contributed by atoms with Crippen molar-refractivity contribution in [2.75, 3.05) is 20.2 Å². The first-order chi connectivity index (χ1) is 20.5. The van der Waals surface area contributed by atoms with Gasteiger partial charge in [0.25, 0.3) is 0 Å². The molecule has 1 saturated heterocycles. The number of likely N-dealkylation sites (tertiary alicyclic amines) is 1. The summed E-state index contributed by atoms with van der Waals surface area (Å²) in [5, 5.41) is 19.0. The molecule has 5 rings (SSSR count). The van der Waals surface area contributed by atoms with Gasteiger partial charge in [0, 0.05) is 61.4 Å². The smallest absolute Gasteiger partial charge is 0.482 e. The zero-order valence-electron chi connectivity index (χ0n) is 23.8. The molecule has 2 aliphatic heterocycles. The number of hydrogen-bond donors (Lipinski definition) is 2. The number of carbonyl (C=O) groups is 2. The topological polar surface area (TPSA) is 127 Å². The molecule has 0 atom stereocenters. The molecule has 1 spiro atoms. The van der Waals surface area contributed by atoms with Crippen LogP contribution in [0.1, 0.15) is 43.9 Å². The zero-order chi connectivity index (χ0) is 32.9. The summed E-state index contributed by atoms with van der Waals surface area (Å²) >= 11 is 0. The molecular formula is C28H30F6N4O6. The van der Waals surface area contributed by atoms with Crippen LogP contribution >= 0.6 is 0 Å². The molecule has 1 fully saturated rings. The van der Waals surface area contributed by atoms with E-state index >= 15 is 0 Å². The van der Waals surface area contributed by atoms with Crippen LogP contribution in [-0.4, -0.2) is 74.4 Å². The molecule has 3 aromatic rings. The van der Waals surface area contributed by atoms with Gasteiger partial charge in [0.15, 0.2) is 0 Å². The van der Waals surface area contributed by atoms with E-state index in [4.69, 9.17) is 34.4 Å². The van der Waals surface area contributed by atoms with Crippen LogP contribution in [0.3, 0.4) is 0 Å². The van der Waals surface area contributed by atoms with E-state index in [1.165, 1.54) is 11.3 Å². The molecular weight excluding hydrogens is 602 g/mol. The highest BCUT2D eigenvalue weighted by Crippen LogP contribution is 2.50. The molecule has 240 valence electrons. The summed E-state index contributed by atoms with van der Waals surface area (Å²) < 4.78 is 77.8. The van der Waals surface area contributed by atoms with Gasteiger partial charge in [-0.15, -0.1) is 0 Å². The van der Waals surface area contributed by atoms with Crippen molar-refractivity contribution in [3.8, 4) is 22.9 Å². The van der Waals surface area contributed by atoms with Crippen LogP contribution in [0.15, 0.2) is 48.8 Å². The molecule has 0 amide bonds. The van der Waals surface area contributed by atoms with Gasteiger partial charge in [-0.2, -0.15) is 31.4 Å². The Morgan fingerprint density at radius 1 is 1.00 bits per heavy atom. The number of aromatic nitrogens is 3. The van der Waals surface area contributed by atoms with Crippen molar-refractivity contribution in [3.63, 3.8) is 0 Å². The fourth-order valence-corrected chi connectivity index (χ4v) is 4.79. The number of benzene rings is 1. The van der Waals surface area contributed by atoms with Crippen LogP contribution in [0.5, 0.6) is 11.6 Å². The SMILES string of the molecule is COc1ncccc1CN1CCC2(CC1)Oc1ccccc1-c1c2cnn1C(C)C.O=C(O)C(F)(F)F.O=C(O)C(F)(F)F. The van der Waals surface area contributed by atoms with E-state index in [0.29, 0.717) is 11.9 Å². The summed E-state index contributed by atoms with van der Waals surface area (Å²) in [4.78, 5) is 24.6. The highest BCUT2D eigenvalue weighted by molar-refractivity contribution is 5.74. The summed E-state index contributed by atoms with van der Waals surface area (Å²) in [6, 6.07) is 12.7. The Bertz CT molecular complexity index is 1420. The van der Waals surface area contributed by atoms with Crippen LogP contribution in [-0.2, 0) is 21.7 Å². The van der Waals surface area contributed by atoms with E-state index in [1.807, 2.05) is 12.3 Å². The van der Waals surface area contributed by atoms with E-state index < -0.39 is 24.3 Å². The van der Waals surface area contributed by atoms with Crippen molar-refractivity contribution < 1.29 is 55.6 Å². The standard InChI is InChI=1S/C24H28N4O2.2C2HF3O2/c1-17(2)28-22-19-8-4-5-9-21(19)30-24(20(22)15-26-28)10-13-27(14-11-24)16-18-7-6-12-25-23(18)29-3;2*3-2(4,5)1(6)7/h4-9,12,15,17H,10-11,13-14,16H2,1-3H3;2*(H,6,7).